The van der Waals surface area contributed by atoms with Gasteiger partial charge in [0, 0.05) is 5.56 Å². The second-order valence-corrected chi connectivity index (χ2v) is 3.58. The van der Waals surface area contributed by atoms with Crippen LogP contribution in [0.15, 0.2) is 12.1 Å². The van der Waals surface area contributed by atoms with Crippen LogP contribution in [0.25, 0.3) is 0 Å². The Balaban J connectivity index is 2.81. The van der Waals surface area contributed by atoms with Gasteiger partial charge in [-0.3, -0.25) is 0 Å². The smallest absolute Gasteiger partial charge is 0.171 e. The summed E-state index contributed by atoms with van der Waals surface area (Å²) in [6.07, 6.45) is 2.00. The van der Waals surface area contributed by atoms with Gasteiger partial charge in [-0.15, -0.1) is 0 Å². The van der Waals surface area contributed by atoms with Gasteiger partial charge in [0.15, 0.2) is 11.6 Å². The highest BCUT2D eigenvalue weighted by atomic mass is 19.1. The molecule has 0 amide bonds. The zero-order valence-electron chi connectivity index (χ0n) is 9.43. The summed E-state index contributed by atoms with van der Waals surface area (Å²) in [4.78, 5) is 0. The molecule has 0 atom stereocenters. The van der Waals surface area contributed by atoms with Crippen molar-refractivity contribution in [1.82, 2.24) is 0 Å². The zero-order valence-corrected chi connectivity index (χ0v) is 9.43. The molecule has 0 aliphatic rings. The van der Waals surface area contributed by atoms with Gasteiger partial charge < -0.3 is 10.5 Å². The monoisotopic (exact) mass is 229 g/mol. The quantitative estimate of drug-likeness (QED) is 0.761. The molecular formula is C12H17F2NO. The van der Waals surface area contributed by atoms with Gasteiger partial charge in [-0.1, -0.05) is 13.3 Å². The molecular weight excluding hydrogens is 212 g/mol. The Morgan fingerprint density at radius 3 is 2.69 bits per heavy atom. The fraction of sp³-hybridized carbons (Fsp3) is 0.500. The van der Waals surface area contributed by atoms with Crippen LogP contribution in [0.3, 0.4) is 0 Å². The van der Waals surface area contributed by atoms with E-state index in [4.69, 9.17) is 10.5 Å². The summed E-state index contributed by atoms with van der Waals surface area (Å²) in [6, 6.07) is 2.54. The standard InChI is InChI=1S/C12H17F2NO/c1-2-3-8-16-11-5-4-10(13)9(6-7-15)12(11)14/h4-5H,2-3,6-8,15H2,1H3. The van der Waals surface area contributed by atoms with Gasteiger partial charge >= 0.3 is 0 Å². The Morgan fingerprint density at radius 1 is 1.31 bits per heavy atom. The number of ether oxygens (including phenoxy) is 1. The molecule has 0 fully saturated rings. The minimum atomic E-state index is -0.624. The number of nitrogens with two attached hydrogens (primary N) is 1. The summed E-state index contributed by atoms with van der Waals surface area (Å²) in [5, 5.41) is 0. The number of rotatable bonds is 6. The molecule has 0 aromatic heterocycles. The molecule has 2 nitrogen and oxygen atoms in total. The number of benzene rings is 1. The van der Waals surface area contributed by atoms with Crippen molar-refractivity contribution < 1.29 is 13.5 Å². The lowest BCUT2D eigenvalue weighted by atomic mass is 10.1. The molecule has 0 aliphatic heterocycles. The highest BCUT2D eigenvalue weighted by Gasteiger charge is 2.13. The van der Waals surface area contributed by atoms with Gasteiger partial charge in [0.05, 0.1) is 6.61 Å². The van der Waals surface area contributed by atoms with Gasteiger partial charge in [0.1, 0.15) is 5.82 Å². The Bertz CT molecular complexity index is 342. The summed E-state index contributed by atoms with van der Waals surface area (Å²) in [7, 11) is 0. The van der Waals surface area contributed by atoms with Gasteiger partial charge in [-0.05, 0) is 31.5 Å². The van der Waals surface area contributed by atoms with E-state index in [0.29, 0.717) is 6.61 Å². The van der Waals surface area contributed by atoms with E-state index in [1.165, 1.54) is 12.1 Å². The summed E-state index contributed by atoms with van der Waals surface area (Å²) < 4.78 is 32.2. The summed E-state index contributed by atoms with van der Waals surface area (Å²) in [6.45, 7) is 2.68. The zero-order chi connectivity index (χ0) is 12.0. The van der Waals surface area contributed by atoms with Gasteiger partial charge in [-0.25, -0.2) is 8.78 Å². The predicted molar refractivity (Wildman–Crippen MR) is 59.5 cm³/mol. The van der Waals surface area contributed by atoms with E-state index >= 15 is 0 Å². The van der Waals surface area contributed by atoms with E-state index in [1.54, 1.807) is 0 Å². The van der Waals surface area contributed by atoms with Crippen molar-refractivity contribution in [3.63, 3.8) is 0 Å². The molecule has 90 valence electrons. The number of hydrogen-bond donors (Lipinski definition) is 1. The van der Waals surface area contributed by atoms with E-state index < -0.39 is 11.6 Å². The topological polar surface area (TPSA) is 35.2 Å². The number of unbranched alkanes of at least 4 members (excludes halogenated alkanes) is 1. The van der Waals surface area contributed by atoms with Crippen LogP contribution in [-0.2, 0) is 6.42 Å². The Morgan fingerprint density at radius 2 is 2.06 bits per heavy atom. The molecule has 0 spiro atoms. The van der Waals surface area contributed by atoms with Crippen LogP contribution >= 0.6 is 0 Å². The molecule has 0 heterocycles. The van der Waals surface area contributed by atoms with Crippen LogP contribution in [0.4, 0.5) is 8.78 Å². The van der Waals surface area contributed by atoms with Crippen molar-refractivity contribution in [3.8, 4) is 5.75 Å². The van der Waals surface area contributed by atoms with Gasteiger partial charge in [-0.2, -0.15) is 0 Å². The molecule has 4 heteroatoms. The summed E-state index contributed by atoms with van der Waals surface area (Å²) in [5.74, 6) is -1.08. The first-order valence-electron chi connectivity index (χ1n) is 5.50. The normalized spacial score (nSPS) is 10.5. The second-order valence-electron chi connectivity index (χ2n) is 3.58. The summed E-state index contributed by atoms with van der Waals surface area (Å²) >= 11 is 0. The minimum absolute atomic E-state index is 0.0106. The molecule has 1 rings (SSSR count). The average Bonchev–Trinajstić information content (AvgIpc) is 2.28. The van der Waals surface area contributed by atoms with Crippen molar-refractivity contribution in [2.75, 3.05) is 13.2 Å². The first-order valence-corrected chi connectivity index (χ1v) is 5.50. The van der Waals surface area contributed by atoms with Gasteiger partial charge in [0.2, 0.25) is 0 Å². The van der Waals surface area contributed by atoms with Crippen LogP contribution in [0.2, 0.25) is 0 Å². The lowest BCUT2D eigenvalue weighted by Crippen LogP contribution is -2.08. The Hall–Kier alpha value is -1.16. The maximum absolute atomic E-state index is 13.7. The molecule has 0 radical (unpaired) electrons. The van der Waals surface area contributed by atoms with Gasteiger partial charge in [0.25, 0.3) is 0 Å². The SMILES string of the molecule is CCCCOc1ccc(F)c(CCN)c1F. The predicted octanol–water partition coefficient (Wildman–Crippen LogP) is 2.64. The first kappa shape index (κ1) is 12.9. The molecule has 0 saturated carbocycles. The van der Waals surface area contributed by atoms with E-state index in [0.717, 1.165) is 12.8 Å². The largest absolute Gasteiger partial charge is 0.491 e. The molecule has 0 bridgehead atoms. The highest BCUT2D eigenvalue weighted by molar-refractivity contribution is 5.32. The van der Waals surface area contributed by atoms with E-state index in [2.05, 4.69) is 0 Å². The van der Waals surface area contributed by atoms with E-state index in [-0.39, 0.29) is 24.3 Å². The van der Waals surface area contributed by atoms with Crippen molar-refractivity contribution in [2.24, 2.45) is 5.73 Å². The molecule has 0 saturated heterocycles. The second kappa shape index (κ2) is 6.43. The van der Waals surface area contributed by atoms with Crippen LogP contribution in [0.1, 0.15) is 25.3 Å². The molecule has 2 N–H and O–H groups in total. The fourth-order valence-corrected chi connectivity index (χ4v) is 1.39. The minimum Gasteiger partial charge on any atom is -0.491 e. The number of hydrogen-bond acceptors (Lipinski definition) is 2. The average molecular weight is 229 g/mol. The van der Waals surface area contributed by atoms with Crippen molar-refractivity contribution in [2.45, 2.75) is 26.2 Å². The van der Waals surface area contributed by atoms with Crippen molar-refractivity contribution in [3.05, 3.63) is 29.3 Å². The Labute approximate surface area is 94.4 Å². The van der Waals surface area contributed by atoms with Crippen LogP contribution < -0.4 is 10.5 Å². The summed E-state index contributed by atoms with van der Waals surface area (Å²) in [5.41, 5.74) is 5.31. The maximum atomic E-state index is 13.7. The third-order valence-corrected chi connectivity index (χ3v) is 2.30. The van der Waals surface area contributed by atoms with Crippen LogP contribution in [-0.4, -0.2) is 13.2 Å². The van der Waals surface area contributed by atoms with E-state index in [9.17, 15) is 8.78 Å². The molecule has 16 heavy (non-hydrogen) atoms. The van der Waals surface area contributed by atoms with Crippen LogP contribution in [0, 0.1) is 11.6 Å². The number of halogens is 2. The lowest BCUT2D eigenvalue weighted by Gasteiger charge is -2.10. The Kier molecular flexibility index (Phi) is 5.19. The molecule has 1 aromatic rings. The fourth-order valence-electron chi connectivity index (χ4n) is 1.39. The third kappa shape index (κ3) is 3.17. The third-order valence-electron chi connectivity index (χ3n) is 2.30. The van der Waals surface area contributed by atoms with Crippen molar-refractivity contribution in [1.29, 1.82) is 0 Å². The molecule has 0 aliphatic carbocycles. The molecule has 0 unspecified atom stereocenters. The first-order chi connectivity index (χ1) is 7.70. The lowest BCUT2D eigenvalue weighted by molar-refractivity contribution is 0.292. The molecule has 1 aromatic carbocycles. The van der Waals surface area contributed by atoms with Crippen molar-refractivity contribution >= 4 is 0 Å². The van der Waals surface area contributed by atoms with E-state index in [1.807, 2.05) is 6.92 Å². The highest BCUT2D eigenvalue weighted by Crippen LogP contribution is 2.23. The maximum Gasteiger partial charge on any atom is 0.171 e. The van der Waals surface area contributed by atoms with Crippen LogP contribution in [0.5, 0.6) is 5.75 Å².